The van der Waals surface area contributed by atoms with Gasteiger partial charge >= 0.3 is 12.1 Å². The number of aldehydes is 1. The zero-order valence-corrected chi connectivity index (χ0v) is 32.0. The molecule has 2 amide bonds. The van der Waals surface area contributed by atoms with Gasteiger partial charge in [0.05, 0.1) is 43.0 Å². The van der Waals surface area contributed by atoms with Gasteiger partial charge in [-0.25, -0.2) is 22.5 Å². The van der Waals surface area contributed by atoms with Crippen LogP contribution in [0.1, 0.15) is 63.5 Å². The standard InChI is InChI=1S/C27H30N2O6.C13H19NO4S/c1-3-33-27(32)29-16-21(23(17-29)26(30)31)14-19-8-7-11-22(15-19)34-13-12-24-18(2)35-25(28-24)20-9-5-4-6-10-20;1-12(2)9-3-5-13(12)8-19(17,18)14(10(13)7-9)11(16)4-6-15/h4-11,15,21,23H,3,12-14,16-17H2,1-2H3,(H,30,31);6,9-10H,3-5,7-8H2,1-2H3/t21-,23+;9?,10?,13-/m01/s1. The van der Waals surface area contributed by atoms with Crippen LogP contribution in [0.3, 0.4) is 0 Å². The van der Waals surface area contributed by atoms with E-state index in [0.29, 0.717) is 49.8 Å². The summed E-state index contributed by atoms with van der Waals surface area (Å²) >= 11 is 0. The molecule has 4 aliphatic rings. The molecule has 7 rings (SSSR count). The van der Waals surface area contributed by atoms with Crippen LogP contribution >= 0.6 is 0 Å². The Kier molecular flexibility index (Phi) is 11.2. The molecule has 54 heavy (non-hydrogen) atoms. The molecule has 3 heterocycles. The van der Waals surface area contributed by atoms with Crippen LogP contribution in [0.5, 0.6) is 5.75 Å². The molecule has 2 aliphatic carbocycles. The number of carbonyl (C=O) groups excluding carboxylic acids is 3. The largest absolute Gasteiger partial charge is 0.493 e. The van der Waals surface area contributed by atoms with E-state index in [4.69, 9.17) is 13.9 Å². The Hall–Kier alpha value is -4.72. The highest BCUT2D eigenvalue weighted by molar-refractivity contribution is 7.90. The van der Waals surface area contributed by atoms with E-state index in [-0.39, 0.29) is 48.1 Å². The lowest BCUT2D eigenvalue weighted by molar-refractivity contribution is -0.142. The second-order valence-corrected chi connectivity index (χ2v) is 17.2. The molecule has 290 valence electrons. The van der Waals surface area contributed by atoms with Crippen molar-refractivity contribution in [2.45, 2.75) is 72.3 Å². The van der Waals surface area contributed by atoms with Crippen LogP contribution in [0.4, 0.5) is 4.79 Å². The van der Waals surface area contributed by atoms with Gasteiger partial charge in [0, 0.05) is 30.5 Å². The molecule has 5 atom stereocenters. The fraction of sp³-hybridized carbons (Fsp3) is 0.525. The highest BCUT2D eigenvalue weighted by atomic mass is 32.2. The number of likely N-dealkylation sites (tertiary alicyclic amines) is 1. The van der Waals surface area contributed by atoms with E-state index in [2.05, 4.69) is 18.8 Å². The van der Waals surface area contributed by atoms with Gasteiger partial charge in [-0.05, 0) is 86.6 Å². The first-order chi connectivity index (χ1) is 25.7. The molecule has 1 N–H and O–H groups in total. The van der Waals surface area contributed by atoms with Crippen molar-refractivity contribution in [3.63, 3.8) is 0 Å². The van der Waals surface area contributed by atoms with Crippen molar-refractivity contribution >= 4 is 34.3 Å². The minimum atomic E-state index is -3.56. The van der Waals surface area contributed by atoms with Gasteiger partial charge < -0.3 is 28.7 Å². The van der Waals surface area contributed by atoms with E-state index in [1.165, 1.54) is 4.90 Å². The number of nitrogens with zero attached hydrogens (tertiary/aromatic N) is 3. The number of aryl methyl sites for hydroxylation is 1. The van der Waals surface area contributed by atoms with E-state index >= 15 is 0 Å². The maximum absolute atomic E-state index is 12.4. The van der Waals surface area contributed by atoms with Gasteiger partial charge in [0.1, 0.15) is 17.8 Å². The third-order valence-electron chi connectivity index (χ3n) is 12.1. The predicted molar refractivity (Wildman–Crippen MR) is 198 cm³/mol. The molecule has 2 saturated carbocycles. The fourth-order valence-electron chi connectivity index (χ4n) is 9.20. The van der Waals surface area contributed by atoms with Crippen molar-refractivity contribution in [2.75, 3.05) is 32.1 Å². The first-order valence-corrected chi connectivity index (χ1v) is 20.2. The predicted octanol–water partition coefficient (Wildman–Crippen LogP) is 5.55. The number of oxazole rings is 1. The average molecular weight is 764 g/mol. The third kappa shape index (κ3) is 7.49. The van der Waals surface area contributed by atoms with Gasteiger partial charge in [-0.15, -0.1) is 0 Å². The van der Waals surface area contributed by atoms with Crippen molar-refractivity contribution in [2.24, 2.45) is 28.6 Å². The Bertz CT molecular complexity index is 1980. The number of aromatic nitrogens is 1. The van der Waals surface area contributed by atoms with Crippen LogP contribution in [-0.4, -0.2) is 90.1 Å². The second-order valence-electron chi connectivity index (χ2n) is 15.3. The molecule has 2 bridgehead atoms. The van der Waals surface area contributed by atoms with Crippen LogP contribution in [0.15, 0.2) is 59.0 Å². The summed E-state index contributed by atoms with van der Waals surface area (Å²) in [5.74, 6) is 0.360. The Labute approximate surface area is 316 Å². The molecule has 2 aromatic carbocycles. The number of fused-ring (bicyclic) bond motifs is 1. The normalized spacial score (nSPS) is 25.8. The number of benzene rings is 2. The zero-order valence-electron chi connectivity index (χ0n) is 31.2. The molecule has 4 fully saturated rings. The minimum Gasteiger partial charge on any atom is -0.493 e. The smallest absolute Gasteiger partial charge is 0.409 e. The zero-order chi connectivity index (χ0) is 38.8. The molecular formula is C40H49N3O10S. The maximum Gasteiger partial charge on any atom is 0.409 e. The molecule has 3 aromatic rings. The minimum absolute atomic E-state index is 0.0407. The number of amides is 2. The lowest BCUT2D eigenvalue weighted by Crippen LogP contribution is -2.44. The maximum atomic E-state index is 12.4. The number of hydrogen-bond acceptors (Lipinski definition) is 10. The van der Waals surface area contributed by atoms with Crippen LogP contribution in [0.2, 0.25) is 0 Å². The molecule has 1 aromatic heterocycles. The number of rotatable bonds is 11. The number of carboxylic acid groups (broad SMARTS) is 1. The highest BCUT2D eigenvalue weighted by Gasteiger charge is 2.72. The second kappa shape index (κ2) is 15.6. The summed E-state index contributed by atoms with van der Waals surface area (Å²) in [7, 11) is -3.56. The van der Waals surface area contributed by atoms with Gasteiger partial charge in [0.25, 0.3) is 0 Å². The summed E-state index contributed by atoms with van der Waals surface area (Å²) in [4.78, 5) is 52.5. The van der Waals surface area contributed by atoms with Crippen molar-refractivity contribution in [1.29, 1.82) is 0 Å². The number of carboxylic acids is 1. The van der Waals surface area contributed by atoms with Crippen molar-refractivity contribution in [1.82, 2.24) is 14.2 Å². The Balaban J connectivity index is 0.000000219. The van der Waals surface area contributed by atoms with Crippen LogP contribution in [0.25, 0.3) is 11.5 Å². The third-order valence-corrected chi connectivity index (χ3v) is 14.1. The van der Waals surface area contributed by atoms with Crippen LogP contribution in [-0.2, 0) is 42.0 Å². The Morgan fingerprint density at radius 3 is 2.54 bits per heavy atom. The molecule has 1 spiro atoms. The fourth-order valence-corrected chi connectivity index (χ4v) is 11.8. The molecule has 14 heteroatoms. The molecule has 2 unspecified atom stereocenters. The average Bonchev–Trinajstić information content (AvgIpc) is 3.88. The monoisotopic (exact) mass is 763 g/mol. The molecule has 2 saturated heterocycles. The summed E-state index contributed by atoms with van der Waals surface area (Å²) in [6, 6.07) is 17.2. The van der Waals surface area contributed by atoms with Crippen molar-refractivity contribution in [3.05, 3.63) is 71.6 Å². The lowest BCUT2D eigenvalue weighted by atomic mass is 9.69. The molecule has 13 nitrogen and oxygen atoms in total. The summed E-state index contributed by atoms with van der Waals surface area (Å²) < 4.78 is 42.6. The van der Waals surface area contributed by atoms with Crippen molar-refractivity contribution < 1.29 is 46.6 Å². The molecule has 0 radical (unpaired) electrons. The number of aliphatic carboxylic acids is 1. The number of carbonyl (C=O) groups is 4. The summed E-state index contributed by atoms with van der Waals surface area (Å²) in [5.41, 5.74) is 2.42. The topological polar surface area (TPSA) is 174 Å². The van der Waals surface area contributed by atoms with E-state index in [9.17, 15) is 32.7 Å². The molecular weight excluding hydrogens is 715 g/mol. The van der Waals surface area contributed by atoms with Gasteiger partial charge in [0.15, 0.2) is 0 Å². The SMILES string of the molecule is CC1(C)C2CC[C@]13CS(=O)(=O)N(C(=O)CC=O)C3C2.CCOC(=O)N1C[C@H](Cc2cccc(OCCc3nc(-c4ccccc4)oc3C)c2)[C@H](C(=O)O)C1. The summed E-state index contributed by atoms with van der Waals surface area (Å²) in [6.45, 7) is 9.11. The van der Waals surface area contributed by atoms with Gasteiger partial charge in [-0.2, -0.15) is 0 Å². The summed E-state index contributed by atoms with van der Waals surface area (Å²) in [5, 5.41) is 9.65. The summed E-state index contributed by atoms with van der Waals surface area (Å²) in [6.07, 6.45) is 3.51. The lowest BCUT2D eigenvalue weighted by Gasteiger charge is -2.37. The highest BCUT2D eigenvalue weighted by Crippen LogP contribution is 2.70. The van der Waals surface area contributed by atoms with E-state index in [1.54, 1.807) is 6.92 Å². The van der Waals surface area contributed by atoms with E-state index in [1.807, 2.05) is 61.5 Å². The van der Waals surface area contributed by atoms with E-state index < -0.39 is 33.9 Å². The Morgan fingerprint density at radius 1 is 1.09 bits per heavy atom. The van der Waals surface area contributed by atoms with Crippen molar-refractivity contribution in [3.8, 4) is 17.2 Å². The Morgan fingerprint density at radius 2 is 1.85 bits per heavy atom. The van der Waals surface area contributed by atoms with Crippen LogP contribution < -0.4 is 4.74 Å². The van der Waals surface area contributed by atoms with E-state index in [0.717, 1.165) is 46.1 Å². The van der Waals surface area contributed by atoms with Gasteiger partial charge in [-0.3, -0.25) is 9.59 Å². The van der Waals surface area contributed by atoms with Gasteiger partial charge in [-0.1, -0.05) is 44.2 Å². The quantitative estimate of drug-likeness (QED) is 0.192. The first kappa shape index (κ1) is 39.0. The number of ether oxygens (including phenoxy) is 2. The number of sulfonamides is 1. The number of hydrogen-bond donors (Lipinski definition) is 1. The first-order valence-electron chi connectivity index (χ1n) is 18.6. The van der Waals surface area contributed by atoms with Crippen LogP contribution in [0, 0.1) is 35.5 Å². The van der Waals surface area contributed by atoms with Gasteiger partial charge in [0.2, 0.25) is 21.8 Å². The molecule has 2 aliphatic heterocycles.